The van der Waals surface area contributed by atoms with E-state index in [2.05, 4.69) is 49.1 Å². The van der Waals surface area contributed by atoms with E-state index in [9.17, 15) is 0 Å². The van der Waals surface area contributed by atoms with Gasteiger partial charge in [-0.1, -0.05) is 0 Å². The summed E-state index contributed by atoms with van der Waals surface area (Å²) in [6.45, 7) is 2.91. The summed E-state index contributed by atoms with van der Waals surface area (Å²) in [6, 6.07) is 2.34. The molecule has 1 aromatic rings. The van der Waals surface area contributed by atoms with Crippen molar-refractivity contribution in [3.63, 3.8) is 0 Å². The van der Waals surface area contributed by atoms with E-state index in [1.807, 2.05) is 6.07 Å². The van der Waals surface area contributed by atoms with Crippen molar-refractivity contribution in [2.45, 2.75) is 25.5 Å². The molecule has 1 fully saturated rings. The second-order valence-corrected chi connectivity index (χ2v) is 5.37. The highest BCUT2D eigenvalue weighted by Crippen LogP contribution is 2.26. The first-order valence-corrected chi connectivity index (χ1v) is 6.44. The Morgan fingerprint density at radius 2 is 2.33 bits per heavy atom. The first kappa shape index (κ1) is 11.4. The Kier molecular flexibility index (Phi) is 3.64. The third-order valence-electron chi connectivity index (χ3n) is 2.51. The van der Waals surface area contributed by atoms with Gasteiger partial charge in [0.05, 0.1) is 16.6 Å². The number of nitrogens with one attached hydrogen (secondary N) is 1. The van der Waals surface area contributed by atoms with Gasteiger partial charge in [0.25, 0.3) is 0 Å². The third kappa shape index (κ3) is 2.71. The lowest BCUT2D eigenvalue weighted by atomic mass is 10.1. The molecule has 0 aromatic carbocycles. The Morgan fingerprint density at radius 3 is 2.93 bits per heavy atom. The van der Waals surface area contributed by atoms with E-state index < -0.39 is 0 Å². The number of anilines is 1. The molecule has 1 aliphatic heterocycles. The van der Waals surface area contributed by atoms with Crippen LogP contribution in [0.25, 0.3) is 0 Å². The number of hydrogen-bond donors (Lipinski definition) is 1. The quantitative estimate of drug-likeness (QED) is 0.901. The molecule has 0 saturated carbocycles. The highest BCUT2D eigenvalue weighted by atomic mass is 79.9. The molecule has 2 atom stereocenters. The van der Waals surface area contributed by atoms with Crippen molar-refractivity contribution in [1.29, 1.82) is 0 Å². The number of pyridine rings is 1. The number of ether oxygens (including phenoxy) is 1. The van der Waals surface area contributed by atoms with Crippen LogP contribution in [-0.2, 0) is 4.74 Å². The molecular formula is C10H12Br2N2O. The van der Waals surface area contributed by atoms with E-state index in [4.69, 9.17) is 4.74 Å². The highest BCUT2D eigenvalue weighted by molar-refractivity contribution is 9.11. The van der Waals surface area contributed by atoms with Crippen molar-refractivity contribution >= 4 is 37.7 Å². The van der Waals surface area contributed by atoms with Gasteiger partial charge in [-0.25, -0.2) is 4.98 Å². The minimum atomic E-state index is 0.252. The van der Waals surface area contributed by atoms with E-state index in [-0.39, 0.29) is 6.10 Å². The molecule has 82 valence electrons. The van der Waals surface area contributed by atoms with Crippen LogP contribution in [0.5, 0.6) is 0 Å². The molecule has 0 amide bonds. The van der Waals surface area contributed by atoms with Crippen LogP contribution in [0.1, 0.15) is 13.3 Å². The van der Waals surface area contributed by atoms with Gasteiger partial charge in [-0.15, -0.1) is 0 Å². The van der Waals surface area contributed by atoms with Gasteiger partial charge in [-0.3, -0.25) is 0 Å². The summed E-state index contributed by atoms with van der Waals surface area (Å²) < 4.78 is 7.42. The molecular weight excluding hydrogens is 324 g/mol. The summed E-state index contributed by atoms with van der Waals surface area (Å²) in [7, 11) is 0. The molecule has 1 aliphatic rings. The zero-order chi connectivity index (χ0) is 10.8. The summed E-state index contributed by atoms with van der Waals surface area (Å²) in [6.07, 6.45) is 3.07. The van der Waals surface area contributed by atoms with E-state index >= 15 is 0 Å². The second-order valence-electron chi connectivity index (χ2n) is 3.60. The van der Waals surface area contributed by atoms with Crippen LogP contribution in [0.15, 0.2) is 21.2 Å². The monoisotopic (exact) mass is 334 g/mol. The first-order valence-electron chi connectivity index (χ1n) is 4.86. The molecule has 1 aromatic heterocycles. The fourth-order valence-electron chi connectivity index (χ4n) is 1.62. The van der Waals surface area contributed by atoms with E-state index in [1.54, 1.807) is 6.20 Å². The van der Waals surface area contributed by atoms with E-state index in [0.717, 1.165) is 27.8 Å². The fraction of sp³-hybridized carbons (Fsp3) is 0.500. The van der Waals surface area contributed by atoms with Gasteiger partial charge in [0.2, 0.25) is 0 Å². The fourth-order valence-corrected chi connectivity index (χ4v) is 2.72. The van der Waals surface area contributed by atoms with Crippen molar-refractivity contribution < 1.29 is 4.74 Å². The van der Waals surface area contributed by atoms with Crippen molar-refractivity contribution in [3.05, 3.63) is 21.2 Å². The summed E-state index contributed by atoms with van der Waals surface area (Å²) in [4.78, 5) is 4.32. The summed E-state index contributed by atoms with van der Waals surface area (Å²) in [5.41, 5.74) is 0. The van der Waals surface area contributed by atoms with Crippen LogP contribution < -0.4 is 5.32 Å². The SMILES string of the molecule is CC1OCCC1Nc1ncc(Br)cc1Br. The van der Waals surface area contributed by atoms with Crippen LogP contribution in [0.2, 0.25) is 0 Å². The lowest BCUT2D eigenvalue weighted by Gasteiger charge is -2.17. The average Bonchev–Trinajstić information content (AvgIpc) is 2.57. The Morgan fingerprint density at radius 1 is 1.53 bits per heavy atom. The van der Waals surface area contributed by atoms with Crippen molar-refractivity contribution in [3.8, 4) is 0 Å². The molecule has 1 saturated heterocycles. The lowest BCUT2D eigenvalue weighted by Crippen LogP contribution is -2.27. The van der Waals surface area contributed by atoms with Crippen LogP contribution in [0.3, 0.4) is 0 Å². The van der Waals surface area contributed by atoms with Gasteiger partial charge in [0.15, 0.2) is 0 Å². The van der Waals surface area contributed by atoms with Crippen LogP contribution >= 0.6 is 31.9 Å². The van der Waals surface area contributed by atoms with Crippen molar-refractivity contribution in [2.24, 2.45) is 0 Å². The molecule has 5 heteroatoms. The predicted molar refractivity (Wildman–Crippen MR) is 67.1 cm³/mol. The molecule has 15 heavy (non-hydrogen) atoms. The second kappa shape index (κ2) is 4.80. The predicted octanol–water partition coefficient (Wildman–Crippen LogP) is 3.20. The number of nitrogens with zero attached hydrogens (tertiary/aromatic N) is 1. The topological polar surface area (TPSA) is 34.1 Å². The van der Waals surface area contributed by atoms with Gasteiger partial charge >= 0.3 is 0 Å². The molecule has 0 radical (unpaired) electrons. The van der Waals surface area contributed by atoms with Crippen molar-refractivity contribution in [2.75, 3.05) is 11.9 Å². The molecule has 0 aliphatic carbocycles. The van der Waals surface area contributed by atoms with Gasteiger partial charge in [0, 0.05) is 17.3 Å². The number of halogens is 2. The molecule has 2 rings (SSSR count). The van der Waals surface area contributed by atoms with Crippen LogP contribution in [0, 0.1) is 0 Å². The summed E-state index contributed by atoms with van der Waals surface area (Å²) in [5, 5.41) is 3.38. The molecule has 2 heterocycles. The Hall–Kier alpha value is -0.130. The van der Waals surface area contributed by atoms with Crippen LogP contribution in [0.4, 0.5) is 5.82 Å². The molecule has 0 spiro atoms. The van der Waals surface area contributed by atoms with Gasteiger partial charge in [0.1, 0.15) is 5.82 Å². The maximum absolute atomic E-state index is 5.49. The molecule has 1 N–H and O–H groups in total. The zero-order valence-corrected chi connectivity index (χ0v) is 11.5. The standard InChI is InChI=1S/C10H12Br2N2O/c1-6-9(2-3-15-6)14-10-8(12)4-7(11)5-13-10/h4-6,9H,2-3H2,1H3,(H,13,14). The van der Waals surface area contributed by atoms with Gasteiger partial charge in [-0.2, -0.15) is 0 Å². The molecule has 0 bridgehead atoms. The maximum atomic E-state index is 5.49. The normalized spacial score (nSPS) is 25.5. The highest BCUT2D eigenvalue weighted by Gasteiger charge is 2.24. The smallest absolute Gasteiger partial charge is 0.140 e. The Labute approximate surface area is 106 Å². The Balaban J connectivity index is 2.10. The van der Waals surface area contributed by atoms with E-state index in [0.29, 0.717) is 6.04 Å². The number of aromatic nitrogens is 1. The van der Waals surface area contributed by atoms with E-state index in [1.165, 1.54) is 0 Å². The van der Waals surface area contributed by atoms with Crippen molar-refractivity contribution in [1.82, 2.24) is 4.98 Å². The first-order chi connectivity index (χ1) is 7.16. The summed E-state index contributed by atoms with van der Waals surface area (Å²) in [5.74, 6) is 0.876. The average molecular weight is 336 g/mol. The Bertz CT molecular complexity index is 359. The van der Waals surface area contributed by atoms with Gasteiger partial charge in [-0.05, 0) is 51.3 Å². The minimum absolute atomic E-state index is 0.252. The third-order valence-corrected chi connectivity index (χ3v) is 3.54. The summed E-state index contributed by atoms with van der Waals surface area (Å²) >= 11 is 6.85. The molecule has 3 nitrogen and oxygen atoms in total. The zero-order valence-electron chi connectivity index (χ0n) is 8.34. The number of hydrogen-bond acceptors (Lipinski definition) is 3. The largest absolute Gasteiger partial charge is 0.376 e. The van der Waals surface area contributed by atoms with Crippen LogP contribution in [-0.4, -0.2) is 23.7 Å². The minimum Gasteiger partial charge on any atom is -0.376 e. The maximum Gasteiger partial charge on any atom is 0.140 e. The molecule has 2 unspecified atom stereocenters. The lowest BCUT2D eigenvalue weighted by molar-refractivity contribution is 0.121. The number of rotatable bonds is 2. The van der Waals surface area contributed by atoms with Gasteiger partial charge < -0.3 is 10.1 Å².